The van der Waals surface area contributed by atoms with E-state index >= 15 is 0 Å². The number of hydrogen-bond acceptors (Lipinski definition) is 0. The van der Waals surface area contributed by atoms with Crippen LogP contribution in [0.5, 0.6) is 0 Å². The van der Waals surface area contributed by atoms with Gasteiger partial charge in [0.2, 0.25) is 0 Å². The molecule has 0 aromatic heterocycles. The first-order valence-corrected chi connectivity index (χ1v) is 5.43. The van der Waals surface area contributed by atoms with Gasteiger partial charge in [0.05, 0.1) is 0 Å². The van der Waals surface area contributed by atoms with Crippen LogP contribution in [0.1, 0.15) is 18.1 Å². The molecule has 0 spiro atoms. The quantitative estimate of drug-likeness (QED) is 0.718. The van der Waals surface area contributed by atoms with Crippen molar-refractivity contribution in [3.63, 3.8) is 0 Å². The summed E-state index contributed by atoms with van der Waals surface area (Å²) in [5.74, 6) is 0. The van der Waals surface area contributed by atoms with Crippen LogP contribution in [0.4, 0.5) is 0 Å². The van der Waals surface area contributed by atoms with Crippen LogP contribution >= 0.6 is 0 Å². The second kappa shape index (κ2) is 4.45. The highest BCUT2D eigenvalue weighted by Gasteiger charge is 1.99. The Balaban J connectivity index is 2.43. The van der Waals surface area contributed by atoms with Gasteiger partial charge in [0, 0.05) is 13.1 Å². The van der Waals surface area contributed by atoms with Crippen molar-refractivity contribution in [2.45, 2.75) is 20.4 Å². The largest absolute Gasteiger partial charge is 0.237 e. The van der Waals surface area contributed by atoms with Crippen molar-refractivity contribution in [1.82, 2.24) is 5.32 Å². The van der Waals surface area contributed by atoms with Gasteiger partial charge in [-0.25, -0.2) is 5.32 Å². The van der Waals surface area contributed by atoms with Gasteiger partial charge in [0.25, 0.3) is 0 Å². The monoisotopic (exact) mass is 198 g/mol. The third-order valence-electron chi connectivity index (χ3n) is 2.65. The molecule has 0 fully saturated rings. The minimum atomic E-state index is 0.835. The van der Waals surface area contributed by atoms with Crippen molar-refractivity contribution in [1.29, 1.82) is 0 Å². The molecule has 2 rings (SSSR count). The maximum Gasteiger partial charge on any atom is 0.0384 e. The number of fused-ring (bicyclic) bond motifs is 1. The van der Waals surface area contributed by atoms with Crippen LogP contribution in [-0.2, 0) is 6.54 Å². The summed E-state index contributed by atoms with van der Waals surface area (Å²) in [6, 6.07) is 13.0. The molecule has 0 amide bonds. The second-order valence-electron chi connectivity index (χ2n) is 3.83. The van der Waals surface area contributed by atoms with Crippen LogP contribution < -0.4 is 5.32 Å². The molecule has 0 aliphatic heterocycles. The minimum absolute atomic E-state index is 0.835. The summed E-state index contributed by atoms with van der Waals surface area (Å²) in [5, 5.41) is 7.05. The molecule has 0 saturated heterocycles. The number of hydrogen-bond donors (Lipinski definition) is 0. The highest BCUT2D eigenvalue weighted by atomic mass is 14.8. The molecule has 1 radical (unpaired) electrons. The first kappa shape index (κ1) is 10.2. The Morgan fingerprint density at radius 1 is 1.13 bits per heavy atom. The summed E-state index contributed by atoms with van der Waals surface area (Å²) in [6.45, 7) is 5.97. The van der Waals surface area contributed by atoms with Gasteiger partial charge in [-0.3, -0.25) is 0 Å². The Hall–Kier alpha value is -1.34. The fraction of sp³-hybridized carbons (Fsp3) is 0.286. The van der Waals surface area contributed by atoms with Crippen LogP contribution in [0, 0.1) is 6.92 Å². The molecule has 0 saturated carbocycles. The van der Waals surface area contributed by atoms with E-state index in [9.17, 15) is 0 Å². The van der Waals surface area contributed by atoms with Crippen LogP contribution in [0.15, 0.2) is 36.4 Å². The summed E-state index contributed by atoms with van der Waals surface area (Å²) in [5.41, 5.74) is 2.66. The molecule has 0 aliphatic carbocycles. The highest BCUT2D eigenvalue weighted by Crippen LogP contribution is 2.20. The molecule has 0 unspecified atom stereocenters. The average Bonchev–Trinajstić information content (AvgIpc) is 2.26. The van der Waals surface area contributed by atoms with Gasteiger partial charge in [0.1, 0.15) is 0 Å². The molecule has 0 atom stereocenters. The summed E-state index contributed by atoms with van der Waals surface area (Å²) >= 11 is 0. The van der Waals surface area contributed by atoms with Crippen molar-refractivity contribution in [3.05, 3.63) is 47.5 Å². The molecule has 1 heteroatoms. The lowest BCUT2D eigenvalue weighted by atomic mass is 10.0. The summed E-state index contributed by atoms with van der Waals surface area (Å²) in [7, 11) is 0. The van der Waals surface area contributed by atoms with Crippen molar-refractivity contribution in [3.8, 4) is 0 Å². The Morgan fingerprint density at radius 2 is 1.93 bits per heavy atom. The van der Waals surface area contributed by atoms with Gasteiger partial charge in [0.15, 0.2) is 0 Å². The molecule has 15 heavy (non-hydrogen) atoms. The third kappa shape index (κ3) is 2.18. The Kier molecular flexibility index (Phi) is 3.02. The van der Waals surface area contributed by atoms with Gasteiger partial charge < -0.3 is 0 Å². The van der Waals surface area contributed by atoms with E-state index in [4.69, 9.17) is 0 Å². The van der Waals surface area contributed by atoms with Gasteiger partial charge in [-0.15, -0.1) is 0 Å². The van der Waals surface area contributed by atoms with E-state index in [0.717, 1.165) is 13.1 Å². The second-order valence-corrected chi connectivity index (χ2v) is 3.83. The summed E-state index contributed by atoms with van der Waals surface area (Å²) in [6.07, 6.45) is 0. The lowest BCUT2D eigenvalue weighted by Gasteiger charge is -2.06. The lowest BCUT2D eigenvalue weighted by molar-refractivity contribution is 0.710. The number of aryl methyl sites for hydroxylation is 1. The van der Waals surface area contributed by atoms with Gasteiger partial charge in [-0.1, -0.05) is 37.3 Å². The van der Waals surface area contributed by atoms with E-state index < -0.39 is 0 Å². The zero-order chi connectivity index (χ0) is 10.7. The number of rotatable bonds is 3. The fourth-order valence-corrected chi connectivity index (χ4v) is 1.91. The maximum absolute atomic E-state index is 4.39. The van der Waals surface area contributed by atoms with Crippen LogP contribution in [0.2, 0.25) is 0 Å². The van der Waals surface area contributed by atoms with E-state index in [1.54, 1.807) is 0 Å². The first-order chi connectivity index (χ1) is 7.31. The van der Waals surface area contributed by atoms with E-state index in [1.807, 2.05) is 0 Å². The first-order valence-electron chi connectivity index (χ1n) is 5.43. The molecule has 0 N–H and O–H groups in total. The van der Waals surface area contributed by atoms with Gasteiger partial charge in [-0.2, -0.15) is 0 Å². The zero-order valence-corrected chi connectivity index (χ0v) is 9.33. The summed E-state index contributed by atoms with van der Waals surface area (Å²) < 4.78 is 0. The van der Waals surface area contributed by atoms with Crippen molar-refractivity contribution < 1.29 is 0 Å². The van der Waals surface area contributed by atoms with E-state index in [1.165, 1.54) is 21.9 Å². The van der Waals surface area contributed by atoms with Gasteiger partial charge in [-0.05, 0) is 34.9 Å². The van der Waals surface area contributed by atoms with Crippen LogP contribution in [-0.4, -0.2) is 6.54 Å². The van der Waals surface area contributed by atoms with E-state index in [-0.39, 0.29) is 0 Å². The van der Waals surface area contributed by atoms with E-state index in [0.29, 0.717) is 0 Å². The maximum atomic E-state index is 4.39. The SMILES string of the molecule is CC[N]Cc1cc(C)c2ccccc2c1. The topological polar surface area (TPSA) is 14.1 Å². The Bertz CT molecular complexity index is 460. The molecule has 0 heterocycles. The standard InChI is InChI=1S/C14H16N/c1-3-15-10-12-8-11(2)14-7-5-4-6-13(14)9-12/h4-9H,3,10H2,1-2H3. The average molecular weight is 198 g/mol. The molecule has 2 aromatic rings. The predicted octanol–water partition coefficient (Wildman–Crippen LogP) is 3.27. The van der Waals surface area contributed by atoms with E-state index in [2.05, 4.69) is 55.6 Å². The summed E-state index contributed by atoms with van der Waals surface area (Å²) in [4.78, 5) is 0. The van der Waals surface area contributed by atoms with Crippen molar-refractivity contribution in [2.75, 3.05) is 6.54 Å². The highest BCUT2D eigenvalue weighted by molar-refractivity contribution is 5.86. The third-order valence-corrected chi connectivity index (χ3v) is 2.65. The molecular formula is C14H16N. The lowest BCUT2D eigenvalue weighted by Crippen LogP contribution is -2.03. The minimum Gasteiger partial charge on any atom is -0.237 e. The fourth-order valence-electron chi connectivity index (χ4n) is 1.91. The van der Waals surface area contributed by atoms with Crippen molar-refractivity contribution in [2.24, 2.45) is 0 Å². The molecule has 1 nitrogen and oxygen atoms in total. The van der Waals surface area contributed by atoms with Crippen LogP contribution in [0.25, 0.3) is 10.8 Å². The Labute approximate surface area is 91.1 Å². The number of benzene rings is 2. The molecule has 0 bridgehead atoms. The zero-order valence-electron chi connectivity index (χ0n) is 9.33. The van der Waals surface area contributed by atoms with Crippen molar-refractivity contribution >= 4 is 10.8 Å². The molecule has 2 aromatic carbocycles. The normalized spacial score (nSPS) is 10.8. The molecular weight excluding hydrogens is 182 g/mol. The predicted molar refractivity (Wildman–Crippen MR) is 65.1 cm³/mol. The van der Waals surface area contributed by atoms with Crippen LogP contribution in [0.3, 0.4) is 0 Å². The Morgan fingerprint density at radius 3 is 2.73 bits per heavy atom. The molecule has 77 valence electrons. The van der Waals surface area contributed by atoms with Gasteiger partial charge >= 0.3 is 0 Å². The smallest absolute Gasteiger partial charge is 0.0384 e. The molecule has 0 aliphatic rings. The number of nitrogens with zero attached hydrogens (tertiary/aromatic N) is 1.